The Kier molecular flexibility index (Phi) is 32.0. The highest BCUT2D eigenvalue weighted by Gasteiger charge is 2.25. The van der Waals surface area contributed by atoms with Gasteiger partial charge in [0, 0.05) is 19.4 Å². The van der Waals surface area contributed by atoms with Crippen molar-refractivity contribution in [2.24, 2.45) is 5.73 Å². The van der Waals surface area contributed by atoms with Gasteiger partial charge >= 0.3 is 19.8 Å². The first-order valence-electron chi connectivity index (χ1n) is 17.8. The molecule has 0 fully saturated rings. The minimum atomic E-state index is -4.38. The molecule has 0 heterocycles. The van der Waals surface area contributed by atoms with Crippen LogP contribution in [0.3, 0.4) is 0 Å². The van der Waals surface area contributed by atoms with Gasteiger partial charge in [-0.05, 0) is 70.6 Å². The zero-order chi connectivity index (χ0) is 34.7. The van der Waals surface area contributed by atoms with Gasteiger partial charge in [-0.3, -0.25) is 18.6 Å². The Balaban J connectivity index is 4.37. The fraction of sp³-hybridized carbons (Fsp3) is 0.676. The van der Waals surface area contributed by atoms with Crippen LogP contribution in [0, 0.1) is 0 Å². The molecule has 0 radical (unpaired) electrons. The molecule has 9 nitrogen and oxygen atoms in total. The molecular weight excluding hydrogens is 617 g/mol. The van der Waals surface area contributed by atoms with Crippen molar-refractivity contribution in [2.75, 3.05) is 26.4 Å². The lowest BCUT2D eigenvalue weighted by Crippen LogP contribution is -2.29. The molecule has 0 saturated carbocycles. The SMILES string of the molecule is CC/C=C\C/C=C\C/C=C\C/C=C\CCCCC(=O)O[C@H](COC(=O)CCCCCCC/C=C\CCCC)COP(=O)(O)OCCN. The number of esters is 2. The van der Waals surface area contributed by atoms with Gasteiger partial charge in [0.25, 0.3) is 0 Å². The number of carbonyl (C=O) groups is 2. The summed E-state index contributed by atoms with van der Waals surface area (Å²) in [7, 11) is -4.38. The van der Waals surface area contributed by atoms with Crippen LogP contribution >= 0.6 is 7.82 Å². The molecule has 0 aromatic heterocycles. The number of hydrogen-bond donors (Lipinski definition) is 2. The lowest BCUT2D eigenvalue weighted by molar-refractivity contribution is -0.161. The number of hydrogen-bond acceptors (Lipinski definition) is 8. The average Bonchev–Trinajstić information content (AvgIpc) is 3.05. The Bertz CT molecular complexity index is 960. The second-order valence-corrected chi connectivity index (χ2v) is 12.8. The zero-order valence-corrected chi connectivity index (χ0v) is 30.1. The fourth-order valence-electron chi connectivity index (χ4n) is 4.25. The highest BCUT2D eigenvalue weighted by molar-refractivity contribution is 7.47. The van der Waals surface area contributed by atoms with E-state index in [0.717, 1.165) is 77.0 Å². The summed E-state index contributed by atoms with van der Waals surface area (Å²) in [5.74, 6) is -0.898. The van der Waals surface area contributed by atoms with E-state index in [2.05, 4.69) is 74.6 Å². The van der Waals surface area contributed by atoms with E-state index in [0.29, 0.717) is 12.8 Å². The summed E-state index contributed by atoms with van der Waals surface area (Å²) in [5.41, 5.74) is 5.32. The van der Waals surface area contributed by atoms with E-state index in [1.54, 1.807) is 0 Å². The first-order valence-corrected chi connectivity index (χ1v) is 19.3. The molecule has 270 valence electrons. The maximum Gasteiger partial charge on any atom is 0.472 e. The second-order valence-electron chi connectivity index (χ2n) is 11.3. The highest BCUT2D eigenvalue weighted by atomic mass is 31.2. The van der Waals surface area contributed by atoms with Crippen LogP contribution in [-0.2, 0) is 32.7 Å². The van der Waals surface area contributed by atoms with E-state index < -0.39 is 32.5 Å². The van der Waals surface area contributed by atoms with Crippen molar-refractivity contribution in [3.8, 4) is 0 Å². The summed E-state index contributed by atoms with van der Waals surface area (Å²) >= 11 is 0. The van der Waals surface area contributed by atoms with Crippen LogP contribution in [0.5, 0.6) is 0 Å². The van der Waals surface area contributed by atoms with Crippen molar-refractivity contribution < 1.29 is 37.6 Å². The van der Waals surface area contributed by atoms with Crippen molar-refractivity contribution in [1.82, 2.24) is 0 Å². The molecule has 10 heteroatoms. The van der Waals surface area contributed by atoms with Crippen LogP contribution in [0.15, 0.2) is 60.8 Å². The van der Waals surface area contributed by atoms with E-state index in [1.165, 1.54) is 12.8 Å². The molecule has 0 rings (SSSR count). The Morgan fingerprint density at radius 2 is 1.17 bits per heavy atom. The quantitative estimate of drug-likeness (QED) is 0.0308. The van der Waals surface area contributed by atoms with Gasteiger partial charge in [0.05, 0.1) is 13.2 Å². The summed E-state index contributed by atoms with van der Waals surface area (Å²) in [6.07, 6.45) is 36.9. The summed E-state index contributed by atoms with van der Waals surface area (Å²) < 4.78 is 32.5. The second kappa shape index (κ2) is 33.6. The summed E-state index contributed by atoms with van der Waals surface area (Å²) in [4.78, 5) is 34.6. The maximum absolute atomic E-state index is 12.5. The van der Waals surface area contributed by atoms with Crippen molar-refractivity contribution in [2.45, 2.75) is 136 Å². The predicted octanol–water partition coefficient (Wildman–Crippen LogP) is 9.38. The molecule has 0 aliphatic heterocycles. The molecule has 3 N–H and O–H groups in total. The zero-order valence-electron chi connectivity index (χ0n) is 29.2. The van der Waals surface area contributed by atoms with E-state index in [1.807, 2.05) is 0 Å². The highest BCUT2D eigenvalue weighted by Crippen LogP contribution is 2.43. The average molecular weight is 682 g/mol. The fourth-order valence-corrected chi connectivity index (χ4v) is 5.02. The third-order valence-electron chi connectivity index (χ3n) is 6.89. The third-order valence-corrected chi connectivity index (χ3v) is 7.87. The molecular formula is C37H64NO8P. The summed E-state index contributed by atoms with van der Waals surface area (Å²) in [6.45, 7) is 3.48. The van der Waals surface area contributed by atoms with E-state index in [-0.39, 0.29) is 32.6 Å². The number of nitrogens with two attached hydrogens (primary N) is 1. The Morgan fingerprint density at radius 3 is 1.81 bits per heavy atom. The number of unbranched alkanes of at least 4 members (excludes halogenated alkanes) is 9. The van der Waals surface area contributed by atoms with Crippen molar-refractivity contribution in [1.29, 1.82) is 0 Å². The van der Waals surface area contributed by atoms with Crippen LogP contribution in [-0.4, -0.2) is 49.3 Å². The van der Waals surface area contributed by atoms with Crippen LogP contribution < -0.4 is 5.73 Å². The molecule has 0 spiro atoms. The van der Waals surface area contributed by atoms with Crippen LogP contribution in [0.25, 0.3) is 0 Å². The van der Waals surface area contributed by atoms with Gasteiger partial charge in [0.2, 0.25) is 0 Å². The lowest BCUT2D eigenvalue weighted by atomic mass is 10.1. The molecule has 0 saturated heterocycles. The number of phosphoric ester groups is 1. The molecule has 0 aliphatic carbocycles. The van der Waals surface area contributed by atoms with Gasteiger partial charge in [-0.2, -0.15) is 0 Å². The number of phosphoric acid groups is 1. The summed E-state index contributed by atoms with van der Waals surface area (Å²) in [6, 6.07) is 0. The minimum absolute atomic E-state index is 0.0426. The Hall–Kier alpha value is -2.29. The van der Waals surface area contributed by atoms with Gasteiger partial charge in [-0.25, -0.2) is 4.57 Å². The maximum atomic E-state index is 12.5. The van der Waals surface area contributed by atoms with Crippen LogP contribution in [0.2, 0.25) is 0 Å². The first-order chi connectivity index (χ1) is 22.8. The number of allylic oxidation sites excluding steroid dienone is 10. The molecule has 47 heavy (non-hydrogen) atoms. The van der Waals surface area contributed by atoms with Crippen molar-refractivity contribution in [3.63, 3.8) is 0 Å². The molecule has 2 atom stereocenters. The summed E-state index contributed by atoms with van der Waals surface area (Å²) in [5, 5.41) is 0. The molecule has 0 aromatic rings. The predicted molar refractivity (Wildman–Crippen MR) is 192 cm³/mol. The monoisotopic (exact) mass is 681 g/mol. The van der Waals surface area contributed by atoms with Crippen LogP contribution in [0.1, 0.15) is 129 Å². The van der Waals surface area contributed by atoms with Gasteiger partial charge in [0.1, 0.15) is 6.61 Å². The van der Waals surface area contributed by atoms with E-state index in [4.69, 9.17) is 24.3 Å². The minimum Gasteiger partial charge on any atom is -0.462 e. The number of rotatable bonds is 32. The Labute approximate surface area is 285 Å². The van der Waals surface area contributed by atoms with Gasteiger partial charge in [-0.15, -0.1) is 0 Å². The smallest absolute Gasteiger partial charge is 0.462 e. The van der Waals surface area contributed by atoms with Gasteiger partial charge < -0.3 is 20.1 Å². The van der Waals surface area contributed by atoms with Crippen molar-refractivity contribution in [3.05, 3.63) is 60.8 Å². The number of ether oxygens (including phenoxy) is 2. The van der Waals surface area contributed by atoms with Crippen LogP contribution in [0.4, 0.5) is 0 Å². The Morgan fingerprint density at radius 1 is 0.660 bits per heavy atom. The van der Waals surface area contributed by atoms with Gasteiger partial charge in [0.15, 0.2) is 6.10 Å². The molecule has 1 unspecified atom stereocenters. The lowest BCUT2D eigenvalue weighted by Gasteiger charge is -2.19. The molecule has 0 aliphatic rings. The van der Waals surface area contributed by atoms with E-state index >= 15 is 0 Å². The topological polar surface area (TPSA) is 134 Å². The first kappa shape index (κ1) is 44.7. The normalized spacial score (nSPS) is 14.2. The molecule has 0 amide bonds. The largest absolute Gasteiger partial charge is 0.472 e. The standard InChI is InChI=1S/C37H64NO8P/c1-3-5-7-9-11-13-15-16-17-18-20-22-24-26-28-30-37(40)46-35(34-45-47(41,42)44-32-31-38)33-43-36(39)29-27-25-23-21-19-14-12-10-8-6-4-2/h5,7,10-13,16-17,20,22,35H,3-4,6,8-9,14-15,18-19,21,23-34,38H2,1-2H3,(H,41,42)/b7-5-,12-10-,13-11-,17-16-,22-20-/t35-/m1/s1. The van der Waals surface area contributed by atoms with Crippen molar-refractivity contribution >= 4 is 19.8 Å². The van der Waals surface area contributed by atoms with Gasteiger partial charge in [-0.1, -0.05) is 107 Å². The molecule has 0 aromatic carbocycles. The molecule has 0 bridgehead atoms. The third kappa shape index (κ3) is 33.4. The number of carbonyl (C=O) groups excluding carboxylic acids is 2. The van der Waals surface area contributed by atoms with E-state index in [9.17, 15) is 19.0 Å².